The smallest absolute Gasteiger partial charge is 0.129 e. The molecule has 0 aromatic carbocycles. The molecule has 1 fully saturated rings. The van der Waals surface area contributed by atoms with Gasteiger partial charge < -0.3 is 5.11 Å². The summed E-state index contributed by atoms with van der Waals surface area (Å²) in [6.45, 7) is 3.79. The first-order chi connectivity index (χ1) is 8.65. The summed E-state index contributed by atoms with van der Waals surface area (Å²) in [5.74, 6) is 0. The third kappa shape index (κ3) is 3.94. The largest absolute Gasteiger partial charge is 0.393 e. The van der Waals surface area contributed by atoms with Crippen LogP contribution in [0.1, 0.15) is 38.3 Å². The van der Waals surface area contributed by atoms with Gasteiger partial charge in [-0.2, -0.15) is 0 Å². The van der Waals surface area contributed by atoms with E-state index in [0.29, 0.717) is 11.2 Å². The summed E-state index contributed by atoms with van der Waals surface area (Å²) in [6.07, 6.45) is 4.28. The molecule has 0 aliphatic carbocycles. The van der Waals surface area contributed by atoms with Gasteiger partial charge in [0.15, 0.2) is 0 Å². The van der Waals surface area contributed by atoms with Crippen LogP contribution in [0.5, 0.6) is 0 Å². The molecule has 0 bridgehead atoms. The summed E-state index contributed by atoms with van der Waals surface area (Å²) in [7, 11) is 0. The molecule has 0 spiro atoms. The number of halogens is 1. The Bertz CT molecular complexity index is 384. The number of pyridine rings is 1. The van der Waals surface area contributed by atoms with Crippen LogP contribution in [0.3, 0.4) is 0 Å². The van der Waals surface area contributed by atoms with E-state index in [2.05, 4.69) is 9.88 Å². The average molecular weight is 269 g/mol. The van der Waals surface area contributed by atoms with Gasteiger partial charge in [0.1, 0.15) is 5.15 Å². The fraction of sp³-hybridized carbons (Fsp3) is 0.643. The maximum atomic E-state index is 9.57. The van der Waals surface area contributed by atoms with E-state index >= 15 is 0 Å². The second kappa shape index (κ2) is 6.50. The first-order valence-electron chi connectivity index (χ1n) is 6.68. The van der Waals surface area contributed by atoms with Crippen molar-refractivity contribution in [3.8, 4) is 0 Å². The minimum absolute atomic E-state index is 0.233. The minimum Gasteiger partial charge on any atom is -0.393 e. The molecule has 0 radical (unpaired) electrons. The molecule has 1 N–H and O–H groups in total. The van der Waals surface area contributed by atoms with Crippen LogP contribution in [-0.2, 0) is 6.54 Å². The molecule has 4 heteroatoms. The average Bonchev–Trinajstić information content (AvgIpc) is 2.31. The van der Waals surface area contributed by atoms with Crippen LogP contribution in [0, 0.1) is 0 Å². The molecule has 0 amide bonds. The number of hydrogen-bond acceptors (Lipinski definition) is 3. The fourth-order valence-electron chi connectivity index (χ4n) is 2.68. The lowest BCUT2D eigenvalue weighted by Gasteiger charge is -2.36. The molecule has 18 heavy (non-hydrogen) atoms. The zero-order chi connectivity index (χ0) is 13.0. The van der Waals surface area contributed by atoms with E-state index in [1.165, 1.54) is 19.3 Å². The van der Waals surface area contributed by atoms with Crippen LogP contribution in [0.15, 0.2) is 18.2 Å². The van der Waals surface area contributed by atoms with E-state index in [1.807, 2.05) is 19.1 Å². The Balaban J connectivity index is 2.00. The zero-order valence-corrected chi connectivity index (χ0v) is 11.6. The van der Waals surface area contributed by atoms with Crippen LogP contribution in [0.2, 0.25) is 5.15 Å². The maximum absolute atomic E-state index is 9.57. The van der Waals surface area contributed by atoms with Gasteiger partial charge in [0.2, 0.25) is 0 Å². The second-order valence-electron chi connectivity index (χ2n) is 5.16. The van der Waals surface area contributed by atoms with Gasteiger partial charge in [-0.3, -0.25) is 4.90 Å². The Morgan fingerprint density at radius 2 is 2.33 bits per heavy atom. The molecular weight excluding hydrogens is 248 g/mol. The lowest BCUT2D eigenvalue weighted by atomic mass is 9.97. The maximum Gasteiger partial charge on any atom is 0.129 e. The first-order valence-corrected chi connectivity index (χ1v) is 7.06. The first kappa shape index (κ1) is 13.8. The summed E-state index contributed by atoms with van der Waals surface area (Å²) in [5.41, 5.74) is 1.01. The highest BCUT2D eigenvalue weighted by Crippen LogP contribution is 2.22. The number of aromatic nitrogens is 1. The predicted molar refractivity (Wildman–Crippen MR) is 73.6 cm³/mol. The van der Waals surface area contributed by atoms with Crippen molar-refractivity contribution < 1.29 is 5.11 Å². The minimum atomic E-state index is -0.233. The molecule has 1 saturated heterocycles. The number of aliphatic hydroxyl groups is 1. The van der Waals surface area contributed by atoms with Crippen molar-refractivity contribution in [2.45, 2.75) is 51.3 Å². The third-order valence-corrected chi connectivity index (χ3v) is 3.71. The number of rotatable bonds is 4. The molecule has 2 atom stereocenters. The Hall–Kier alpha value is -0.640. The Labute approximate surface area is 114 Å². The normalized spacial score (nSPS) is 22.9. The zero-order valence-electron chi connectivity index (χ0n) is 10.8. The molecule has 100 valence electrons. The van der Waals surface area contributed by atoms with Crippen LogP contribution < -0.4 is 0 Å². The summed E-state index contributed by atoms with van der Waals surface area (Å²) in [4.78, 5) is 6.77. The Morgan fingerprint density at radius 3 is 3.06 bits per heavy atom. The number of hydrogen-bond donors (Lipinski definition) is 1. The van der Waals surface area contributed by atoms with Gasteiger partial charge in [-0.05, 0) is 44.9 Å². The number of nitrogens with zero attached hydrogens (tertiary/aromatic N) is 2. The van der Waals surface area contributed by atoms with Gasteiger partial charge in [-0.1, -0.05) is 24.1 Å². The van der Waals surface area contributed by atoms with E-state index in [0.717, 1.165) is 25.2 Å². The van der Waals surface area contributed by atoms with Crippen molar-refractivity contribution in [3.05, 3.63) is 29.0 Å². The van der Waals surface area contributed by atoms with Crippen LogP contribution in [0.25, 0.3) is 0 Å². The van der Waals surface area contributed by atoms with Crippen molar-refractivity contribution in [1.29, 1.82) is 0 Å². The summed E-state index contributed by atoms with van der Waals surface area (Å²) < 4.78 is 0. The SMILES string of the molecule is CC(O)CC1CCCCN1Cc1cccc(Cl)n1. The van der Waals surface area contributed by atoms with Crippen molar-refractivity contribution in [1.82, 2.24) is 9.88 Å². The van der Waals surface area contributed by atoms with E-state index in [1.54, 1.807) is 6.07 Å². The molecule has 2 heterocycles. The third-order valence-electron chi connectivity index (χ3n) is 3.50. The topological polar surface area (TPSA) is 36.4 Å². The van der Waals surface area contributed by atoms with Gasteiger partial charge in [-0.15, -0.1) is 0 Å². The molecule has 1 aromatic rings. The van der Waals surface area contributed by atoms with Crippen molar-refractivity contribution >= 4 is 11.6 Å². The monoisotopic (exact) mass is 268 g/mol. The molecule has 3 nitrogen and oxygen atoms in total. The van der Waals surface area contributed by atoms with Crippen molar-refractivity contribution in [2.24, 2.45) is 0 Å². The van der Waals surface area contributed by atoms with Gasteiger partial charge in [0, 0.05) is 12.6 Å². The molecule has 1 aliphatic heterocycles. The standard InChI is InChI=1S/C14H21ClN2O/c1-11(18)9-13-6-2-3-8-17(13)10-12-5-4-7-14(15)16-12/h4-5,7,11,13,18H,2-3,6,8-10H2,1H3. The summed E-state index contributed by atoms with van der Waals surface area (Å²) >= 11 is 5.91. The Kier molecular flexibility index (Phi) is 4.98. The molecule has 1 aromatic heterocycles. The quantitative estimate of drug-likeness (QED) is 0.853. The number of piperidine rings is 1. The lowest BCUT2D eigenvalue weighted by Crippen LogP contribution is -2.40. The van der Waals surface area contributed by atoms with E-state index < -0.39 is 0 Å². The van der Waals surface area contributed by atoms with Crippen molar-refractivity contribution in [3.63, 3.8) is 0 Å². The van der Waals surface area contributed by atoms with E-state index in [9.17, 15) is 5.11 Å². The van der Waals surface area contributed by atoms with Gasteiger partial charge in [0.05, 0.1) is 11.8 Å². The van der Waals surface area contributed by atoms with E-state index in [-0.39, 0.29) is 6.10 Å². The lowest BCUT2D eigenvalue weighted by molar-refractivity contribution is 0.0809. The van der Waals surface area contributed by atoms with Gasteiger partial charge in [-0.25, -0.2) is 4.98 Å². The molecule has 2 rings (SSSR count). The summed E-state index contributed by atoms with van der Waals surface area (Å²) in [6, 6.07) is 6.23. The molecule has 1 aliphatic rings. The van der Waals surface area contributed by atoms with Crippen LogP contribution >= 0.6 is 11.6 Å². The number of likely N-dealkylation sites (tertiary alicyclic amines) is 1. The van der Waals surface area contributed by atoms with Crippen LogP contribution in [-0.4, -0.2) is 33.7 Å². The molecular formula is C14H21ClN2O. The fourth-order valence-corrected chi connectivity index (χ4v) is 2.86. The highest BCUT2D eigenvalue weighted by molar-refractivity contribution is 6.29. The summed E-state index contributed by atoms with van der Waals surface area (Å²) in [5, 5.41) is 10.1. The number of aliphatic hydroxyl groups excluding tert-OH is 1. The highest BCUT2D eigenvalue weighted by atomic mass is 35.5. The van der Waals surface area contributed by atoms with Gasteiger partial charge in [0.25, 0.3) is 0 Å². The van der Waals surface area contributed by atoms with Gasteiger partial charge >= 0.3 is 0 Å². The predicted octanol–water partition coefficient (Wildman–Crippen LogP) is 2.86. The molecule has 0 saturated carbocycles. The molecule has 2 unspecified atom stereocenters. The second-order valence-corrected chi connectivity index (χ2v) is 5.54. The highest BCUT2D eigenvalue weighted by Gasteiger charge is 2.23. The Morgan fingerprint density at radius 1 is 1.50 bits per heavy atom. The van der Waals surface area contributed by atoms with Crippen molar-refractivity contribution in [2.75, 3.05) is 6.54 Å². The van der Waals surface area contributed by atoms with Crippen LogP contribution in [0.4, 0.5) is 0 Å². The van der Waals surface area contributed by atoms with E-state index in [4.69, 9.17) is 11.6 Å².